The molecule has 1 N–H and O–H groups in total. The van der Waals surface area contributed by atoms with E-state index in [2.05, 4.69) is 10.3 Å². The van der Waals surface area contributed by atoms with Gasteiger partial charge >= 0.3 is 0 Å². The number of nitrogens with zero attached hydrogens (tertiary/aromatic N) is 2. The van der Waals surface area contributed by atoms with E-state index in [1.54, 1.807) is 24.7 Å². The Labute approximate surface area is 155 Å². The lowest BCUT2D eigenvalue weighted by Crippen LogP contribution is -2.25. The number of carbonyl (C=O) groups excluding carboxylic acids is 1. The molecule has 3 aromatic heterocycles. The second kappa shape index (κ2) is 7.06. The Morgan fingerprint density at radius 3 is 2.88 bits per heavy atom. The molecule has 0 saturated carbocycles. The van der Waals surface area contributed by atoms with Gasteiger partial charge < -0.3 is 14.3 Å². The van der Waals surface area contributed by atoms with E-state index in [4.69, 9.17) is 16.0 Å². The second-order valence-corrected chi connectivity index (χ2v) is 6.33. The Bertz CT molecular complexity index is 1050. The third-order valence-electron chi connectivity index (χ3n) is 4.22. The highest BCUT2D eigenvalue weighted by molar-refractivity contribution is 6.31. The van der Waals surface area contributed by atoms with Gasteiger partial charge in [0.25, 0.3) is 5.91 Å². The van der Waals surface area contributed by atoms with E-state index >= 15 is 0 Å². The summed E-state index contributed by atoms with van der Waals surface area (Å²) in [7, 11) is 0. The minimum Gasteiger partial charge on any atom is -0.463 e. The van der Waals surface area contributed by atoms with Gasteiger partial charge in [0, 0.05) is 42.6 Å². The van der Waals surface area contributed by atoms with Crippen LogP contribution in [-0.2, 0) is 13.1 Å². The fourth-order valence-electron chi connectivity index (χ4n) is 2.91. The number of amides is 1. The van der Waals surface area contributed by atoms with Crippen molar-refractivity contribution >= 4 is 28.6 Å². The van der Waals surface area contributed by atoms with Gasteiger partial charge in [-0.3, -0.25) is 9.78 Å². The van der Waals surface area contributed by atoms with Crippen molar-refractivity contribution in [2.45, 2.75) is 13.1 Å². The van der Waals surface area contributed by atoms with E-state index in [-0.39, 0.29) is 5.91 Å². The van der Waals surface area contributed by atoms with Crippen LogP contribution in [0.2, 0.25) is 5.02 Å². The zero-order valence-corrected chi connectivity index (χ0v) is 14.6. The molecule has 26 heavy (non-hydrogen) atoms. The molecule has 0 spiro atoms. The number of hydrogen-bond acceptors (Lipinski definition) is 3. The van der Waals surface area contributed by atoms with Crippen molar-refractivity contribution in [2.24, 2.45) is 0 Å². The molecule has 0 aliphatic heterocycles. The number of furan rings is 1. The maximum atomic E-state index is 12.8. The first kappa shape index (κ1) is 16.4. The summed E-state index contributed by atoms with van der Waals surface area (Å²) < 4.78 is 7.39. The first-order valence-electron chi connectivity index (χ1n) is 8.19. The zero-order valence-electron chi connectivity index (χ0n) is 13.9. The van der Waals surface area contributed by atoms with Gasteiger partial charge in [0.15, 0.2) is 5.58 Å². The molecular formula is C20H16ClN3O2. The lowest BCUT2D eigenvalue weighted by molar-refractivity contribution is 0.0942. The lowest BCUT2D eigenvalue weighted by Gasteiger charge is -2.11. The van der Waals surface area contributed by atoms with Gasteiger partial charge in [0.1, 0.15) is 5.69 Å². The summed E-state index contributed by atoms with van der Waals surface area (Å²) in [6.45, 7) is 0.893. The van der Waals surface area contributed by atoms with Gasteiger partial charge in [-0.15, -0.1) is 0 Å². The SMILES string of the molecule is O=C(NCc1cccnc1)c1cc2occc2n1Cc1ccccc1Cl. The predicted octanol–water partition coefficient (Wildman–Crippen LogP) is 4.26. The molecule has 130 valence electrons. The van der Waals surface area contributed by atoms with E-state index in [1.807, 2.05) is 47.0 Å². The highest BCUT2D eigenvalue weighted by Gasteiger charge is 2.18. The van der Waals surface area contributed by atoms with Crippen molar-refractivity contribution in [3.05, 3.63) is 89.0 Å². The smallest absolute Gasteiger partial charge is 0.268 e. The summed E-state index contributed by atoms with van der Waals surface area (Å²) in [4.78, 5) is 16.8. The van der Waals surface area contributed by atoms with Gasteiger partial charge in [-0.25, -0.2) is 0 Å². The number of nitrogens with one attached hydrogen (secondary N) is 1. The molecule has 1 aromatic carbocycles. The van der Waals surface area contributed by atoms with Crippen molar-refractivity contribution < 1.29 is 9.21 Å². The molecule has 0 saturated heterocycles. The van der Waals surface area contributed by atoms with Gasteiger partial charge in [-0.05, 0) is 23.3 Å². The Hall–Kier alpha value is -3.05. The molecule has 0 radical (unpaired) electrons. The number of halogens is 1. The fourth-order valence-corrected chi connectivity index (χ4v) is 3.10. The van der Waals surface area contributed by atoms with E-state index in [1.165, 1.54) is 0 Å². The molecule has 6 heteroatoms. The molecule has 4 rings (SSSR count). The number of carbonyl (C=O) groups is 1. The van der Waals surface area contributed by atoms with Crippen molar-refractivity contribution in [3.63, 3.8) is 0 Å². The number of fused-ring (bicyclic) bond motifs is 1. The van der Waals surface area contributed by atoms with Gasteiger partial charge in [0.05, 0.1) is 11.8 Å². The first-order valence-corrected chi connectivity index (χ1v) is 8.57. The van der Waals surface area contributed by atoms with Crippen LogP contribution in [0.25, 0.3) is 11.1 Å². The minimum absolute atomic E-state index is 0.174. The highest BCUT2D eigenvalue weighted by atomic mass is 35.5. The molecule has 0 aliphatic rings. The largest absolute Gasteiger partial charge is 0.463 e. The lowest BCUT2D eigenvalue weighted by atomic mass is 10.2. The molecule has 1 amide bonds. The second-order valence-electron chi connectivity index (χ2n) is 5.92. The number of benzene rings is 1. The van der Waals surface area contributed by atoms with Crippen molar-refractivity contribution in [1.82, 2.24) is 14.9 Å². The zero-order chi connectivity index (χ0) is 17.9. The summed E-state index contributed by atoms with van der Waals surface area (Å²) in [6, 6.07) is 15.0. The standard InChI is InChI=1S/C20H16ClN3O2/c21-16-6-2-1-5-15(16)13-24-17-7-9-26-19(17)10-18(24)20(25)23-12-14-4-3-8-22-11-14/h1-11H,12-13H2,(H,23,25). The molecule has 0 aliphatic carbocycles. The molecular weight excluding hydrogens is 350 g/mol. The molecule has 0 fully saturated rings. The summed E-state index contributed by atoms with van der Waals surface area (Å²) >= 11 is 6.30. The van der Waals surface area contributed by atoms with Crippen molar-refractivity contribution in [3.8, 4) is 0 Å². The molecule has 4 aromatic rings. The first-order chi connectivity index (χ1) is 12.7. The minimum atomic E-state index is -0.174. The average molecular weight is 366 g/mol. The normalized spacial score (nSPS) is 11.0. The van der Waals surface area contributed by atoms with Crippen LogP contribution in [0.3, 0.4) is 0 Å². The molecule has 0 unspecified atom stereocenters. The quantitative estimate of drug-likeness (QED) is 0.574. The van der Waals surface area contributed by atoms with E-state index < -0.39 is 0 Å². The van der Waals surface area contributed by atoms with Crippen LogP contribution < -0.4 is 5.32 Å². The maximum absolute atomic E-state index is 12.8. The van der Waals surface area contributed by atoms with E-state index in [9.17, 15) is 4.79 Å². The summed E-state index contributed by atoms with van der Waals surface area (Å²) in [6.07, 6.45) is 5.05. The van der Waals surface area contributed by atoms with Gasteiger partial charge in [-0.2, -0.15) is 0 Å². The Kier molecular flexibility index (Phi) is 4.46. The number of hydrogen-bond donors (Lipinski definition) is 1. The van der Waals surface area contributed by atoms with Gasteiger partial charge in [-0.1, -0.05) is 35.9 Å². The Morgan fingerprint density at radius 2 is 2.08 bits per heavy atom. The monoisotopic (exact) mass is 365 g/mol. The van der Waals surface area contributed by atoms with Crippen LogP contribution in [0.5, 0.6) is 0 Å². The predicted molar refractivity (Wildman–Crippen MR) is 100 cm³/mol. The summed E-state index contributed by atoms with van der Waals surface area (Å²) in [5.41, 5.74) is 3.94. The molecule has 0 atom stereocenters. The molecule has 3 heterocycles. The van der Waals surface area contributed by atoms with E-state index in [0.29, 0.717) is 29.4 Å². The number of rotatable bonds is 5. The van der Waals surface area contributed by atoms with Crippen LogP contribution in [0.4, 0.5) is 0 Å². The van der Waals surface area contributed by atoms with Crippen LogP contribution in [0.15, 0.2) is 71.6 Å². The molecule has 5 nitrogen and oxygen atoms in total. The van der Waals surface area contributed by atoms with Crippen LogP contribution >= 0.6 is 11.6 Å². The topological polar surface area (TPSA) is 60.1 Å². The fraction of sp³-hybridized carbons (Fsp3) is 0.100. The van der Waals surface area contributed by atoms with Crippen LogP contribution in [0, 0.1) is 0 Å². The highest BCUT2D eigenvalue weighted by Crippen LogP contribution is 2.25. The van der Waals surface area contributed by atoms with Crippen LogP contribution in [-0.4, -0.2) is 15.5 Å². The number of pyridine rings is 1. The van der Waals surface area contributed by atoms with E-state index in [0.717, 1.165) is 16.6 Å². The Morgan fingerprint density at radius 1 is 1.19 bits per heavy atom. The summed E-state index contributed by atoms with van der Waals surface area (Å²) in [5, 5.41) is 3.60. The average Bonchev–Trinajstić information content (AvgIpc) is 3.25. The third-order valence-corrected chi connectivity index (χ3v) is 4.59. The van der Waals surface area contributed by atoms with Gasteiger partial charge in [0.2, 0.25) is 0 Å². The Balaban J connectivity index is 1.63. The maximum Gasteiger partial charge on any atom is 0.268 e. The third kappa shape index (κ3) is 3.21. The van der Waals surface area contributed by atoms with Crippen molar-refractivity contribution in [1.29, 1.82) is 0 Å². The molecule has 0 bridgehead atoms. The summed E-state index contributed by atoms with van der Waals surface area (Å²) in [5.74, 6) is -0.174. The number of aromatic nitrogens is 2. The van der Waals surface area contributed by atoms with Crippen molar-refractivity contribution in [2.75, 3.05) is 0 Å². The van der Waals surface area contributed by atoms with Crippen LogP contribution in [0.1, 0.15) is 21.6 Å².